The molecule has 0 aromatic heterocycles. The van der Waals surface area contributed by atoms with Gasteiger partial charge in [-0.25, -0.2) is 0 Å². The number of rotatable bonds is 2. The van der Waals surface area contributed by atoms with E-state index in [1.165, 1.54) is 0 Å². The smallest absolute Gasteiger partial charge is 0.224 e. The maximum absolute atomic E-state index is 12.2. The summed E-state index contributed by atoms with van der Waals surface area (Å²) in [7, 11) is 0. The van der Waals surface area contributed by atoms with E-state index in [-0.39, 0.29) is 34.6 Å². The van der Waals surface area contributed by atoms with Crippen molar-refractivity contribution < 1.29 is 4.79 Å². The van der Waals surface area contributed by atoms with Crippen molar-refractivity contribution in [3.05, 3.63) is 0 Å². The normalized spacial score (nSPS) is 34.1. The molecule has 2 aliphatic rings. The molecule has 2 fully saturated rings. The molecule has 0 aliphatic heterocycles. The average molecular weight is 234 g/mol. The van der Waals surface area contributed by atoms with E-state index in [0.717, 1.165) is 19.3 Å². The lowest BCUT2D eigenvalue weighted by atomic mass is 10.0. The zero-order valence-corrected chi connectivity index (χ0v) is 11.2. The van der Waals surface area contributed by atoms with Gasteiger partial charge >= 0.3 is 0 Å². The Balaban J connectivity index is 1.98. The Kier molecular flexibility index (Phi) is 2.72. The largest absolute Gasteiger partial charge is 0.352 e. The monoisotopic (exact) mass is 234 g/mol. The first-order valence-electron chi connectivity index (χ1n) is 6.52. The molecule has 2 saturated carbocycles. The highest BCUT2D eigenvalue weighted by Gasteiger charge is 2.68. The standard InChI is InChI=1S/C14H22N2O/c1-13(2)11(14(13,3)4)12(17)16-10-7-5-6-9(10)8-15/h9-11H,5-7H2,1-4H3,(H,16,17)/t9-,10-/m1/s1. The molecule has 0 unspecified atom stereocenters. The highest BCUT2D eigenvalue weighted by atomic mass is 16.2. The Morgan fingerprint density at radius 3 is 2.29 bits per heavy atom. The minimum absolute atomic E-state index is 0.0175. The van der Waals surface area contributed by atoms with Crippen molar-refractivity contribution >= 4 is 5.91 Å². The van der Waals surface area contributed by atoms with Gasteiger partial charge in [0.15, 0.2) is 0 Å². The first-order valence-corrected chi connectivity index (χ1v) is 6.52. The molecule has 1 N–H and O–H groups in total. The fourth-order valence-electron chi connectivity index (χ4n) is 3.41. The molecule has 0 bridgehead atoms. The fourth-order valence-corrected chi connectivity index (χ4v) is 3.41. The third-order valence-electron chi connectivity index (χ3n) is 5.29. The van der Waals surface area contributed by atoms with Crippen LogP contribution in [0.1, 0.15) is 47.0 Å². The van der Waals surface area contributed by atoms with Crippen molar-refractivity contribution in [2.75, 3.05) is 0 Å². The van der Waals surface area contributed by atoms with Gasteiger partial charge in [-0.05, 0) is 30.1 Å². The summed E-state index contributed by atoms with van der Waals surface area (Å²) in [5.74, 6) is 0.256. The molecule has 94 valence electrons. The van der Waals surface area contributed by atoms with Gasteiger partial charge in [0, 0.05) is 12.0 Å². The lowest BCUT2D eigenvalue weighted by Gasteiger charge is -2.16. The van der Waals surface area contributed by atoms with E-state index in [2.05, 4.69) is 39.1 Å². The molecular weight excluding hydrogens is 212 g/mol. The fraction of sp³-hybridized carbons (Fsp3) is 0.857. The van der Waals surface area contributed by atoms with Gasteiger partial charge in [0.1, 0.15) is 0 Å². The molecule has 0 saturated heterocycles. The molecule has 3 nitrogen and oxygen atoms in total. The minimum atomic E-state index is 0.0175. The second-order valence-corrected chi connectivity index (χ2v) is 6.66. The van der Waals surface area contributed by atoms with Crippen LogP contribution in [0.5, 0.6) is 0 Å². The summed E-state index contributed by atoms with van der Waals surface area (Å²) in [6, 6.07) is 2.39. The van der Waals surface area contributed by atoms with E-state index >= 15 is 0 Å². The van der Waals surface area contributed by atoms with Crippen LogP contribution in [0.15, 0.2) is 0 Å². The topological polar surface area (TPSA) is 52.9 Å². The molecule has 17 heavy (non-hydrogen) atoms. The van der Waals surface area contributed by atoms with Crippen LogP contribution in [0.3, 0.4) is 0 Å². The van der Waals surface area contributed by atoms with Crippen LogP contribution in [0.4, 0.5) is 0 Å². The number of nitrogens with one attached hydrogen (secondary N) is 1. The van der Waals surface area contributed by atoms with Crippen molar-refractivity contribution in [3.63, 3.8) is 0 Å². The number of nitrogens with zero attached hydrogens (tertiary/aromatic N) is 1. The van der Waals surface area contributed by atoms with Gasteiger partial charge in [0.25, 0.3) is 0 Å². The first kappa shape index (κ1) is 12.4. The Morgan fingerprint density at radius 2 is 1.82 bits per heavy atom. The van der Waals surface area contributed by atoms with Crippen LogP contribution in [0.2, 0.25) is 0 Å². The number of carbonyl (C=O) groups is 1. The van der Waals surface area contributed by atoms with Crippen LogP contribution in [-0.2, 0) is 4.79 Å². The first-order chi connectivity index (χ1) is 7.82. The predicted octanol–water partition coefficient (Wildman–Crippen LogP) is 2.48. The molecule has 0 aromatic rings. The van der Waals surface area contributed by atoms with Gasteiger partial charge in [-0.1, -0.05) is 27.7 Å². The Morgan fingerprint density at radius 1 is 1.24 bits per heavy atom. The quantitative estimate of drug-likeness (QED) is 0.798. The van der Waals surface area contributed by atoms with Crippen molar-refractivity contribution in [3.8, 4) is 6.07 Å². The summed E-state index contributed by atoms with van der Waals surface area (Å²) in [4.78, 5) is 12.2. The van der Waals surface area contributed by atoms with Crippen molar-refractivity contribution in [2.24, 2.45) is 22.7 Å². The Bertz CT molecular complexity index is 364. The van der Waals surface area contributed by atoms with Gasteiger partial charge in [-0.2, -0.15) is 5.26 Å². The molecule has 2 atom stereocenters. The molecule has 3 heteroatoms. The summed E-state index contributed by atoms with van der Waals surface area (Å²) in [6.07, 6.45) is 2.94. The number of nitriles is 1. The molecule has 0 heterocycles. The molecule has 1 amide bonds. The van der Waals surface area contributed by atoms with Crippen LogP contribution < -0.4 is 5.32 Å². The van der Waals surface area contributed by atoms with E-state index < -0.39 is 0 Å². The summed E-state index contributed by atoms with van der Waals surface area (Å²) >= 11 is 0. The van der Waals surface area contributed by atoms with E-state index in [0.29, 0.717) is 0 Å². The van der Waals surface area contributed by atoms with Crippen LogP contribution in [0, 0.1) is 34.0 Å². The maximum atomic E-state index is 12.2. The number of hydrogen-bond acceptors (Lipinski definition) is 2. The molecular formula is C14H22N2O. The second-order valence-electron chi connectivity index (χ2n) is 6.66. The number of amides is 1. The SMILES string of the molecule is CC1(C)C(C(=O)N[C@@H]2CCC[C@@H]2C#N)C1(C)C. The van der Waals surface area contributed by atoms with Gasteiger partial charge in [0.2, 0.25) is 5.91 Å². The van der Waals surface area contributed by atoms with E-state index in [1.54, 1.807) is 0 Å². The zero-order chi connectivity index (χ0) is 12.8. The summed E-state index contributed by atoms with van der Waals surface area (Å²) in [5, 5.41) is 12.1. The zero-order valence-electron chi connectivity index (χ0n) is 11.2. The number of carbonyl (C=O) groups excluding carboxylic acids is 1. The lowest BCUT2D eigenvalue weighted by molar-refractivity contribution is -0.124. The second kappa shape index (κ2) is 3.73. The average Bonchev–Trinajstić information content (AvgIpc) is 2.57. The third-order valence-corrected chi connectivity index (χ3v) is 5.29. The molecule has 2 rings (SSSR count). The Hall–Kier alpha value is -1.04. The van der Waals surface area contributed by atoms with Gasteiger partial charge in [-0.3, -0.25) is 4.79 Å². The highest BCUT2D eigenvalue weighted by molar-refractivity contribution is 5.84. The van der Waals surface area contributed by atoms with Crippen LogP contribution >= 0.6 is 0 Å². The lowest BCUT2D eigenvalue weighted by Crippen LogP contribution is -2.39. The van der Waals surface area contributed by atoms with Gasteiger partial charge in [0.05, 0.1) is 12.0 Å². The van der Waals surface area contributed by atoms with Crippen LogP contribution in [-0.4, -0.2) is 11.9 Å². The molecule has 0 spiro atoms. The summed E-state index contributed by atoms with van der Waals surface area (Å²) < 4.78 is 0. The summed E-state index contributed by atoms with van der Waals surface area (Å²) in [5.41, 5.74) is 0.162. The van der Waals surface area contributed by atoms with E-state index in [9.17, 15) is 4.79 Å². The van der Waals surface area contributed by atoms with Crippen molar-refractivity contribution in [1.29, 1.82) is 5.26 Å². The van der Waals surface area contributed by atoms with E-state index in [1.807, 2.05) is 0 Å². The van der Waals surface area contributed by atoms with E-state index in [4.69, 9.17) is 5.26 Å². The third kappa shape index (κ3) is 1.74. The van der Waals surface area contributed by atoms with Crippen molar-refractivity contribution in [1.82, 2.24) is 5.32 Å². The van der Waals surface area contributed by atoms with Gasteiger partial charge in [-0.15, -0.1) is 0 Å². The maximum Gasteiger partial charge on any atom is 0.224 e. The minimum Gasteiger partial charge on any atom is -0.352 e. The molecule has 2 aliphatic carbocycles. The van der Waals surface area contributed by atoms with Crippen LogP contribution in [0.25, 0.3) is 0 Å². The van der Waals surface area contributed by atoms with Gasteiger partial charge < -0.3 is 5.32 Å². The highest BCUT2D eigenvalue weighted by Crippen LogP contribution is 2.68. The Labute approximate surface area is 104 Å². The van der Waals surface area contributed by atoms with Crippen molar-refractivity contribution in [2.45, 2.75) is 53.0 Å². The summed E-state index contributed by atoms with van der Waals surface area (Å²) in [6.45, 7) is 8.59. The number of hydrogen-bond donors (Lipinski definition) is 1. The molecule has 0 aromatic carbocycles. The molecule has 0 radical (unpaired) electrons. The predicted molar refractivity (Wildman–Crippen MR) is 65.9 cm³/mol.